The molecule has 0 aromatic heterocycles. The molecule has 0 saturated heterocycles. The Morgan fingerprint density at radius 3 is 2.36 bits per heavy atom. The maximum absolute atomic E-state index is 9.45. The van der Waals surface area contributed by atoms with Crippen LogP contribution in [0.4, 0.5) is 0 Å². The predicted molar refractivity (Wildman–Crippen MR) is 59.8 cm³/mol. The quantitative estimate of drug-likeness (QED) is 0.649. The number of phenolic OH excluding ortho intramolecular Hbond substituents is 1. The summed E-state index contributed by atoms with van der Waals surface area (Å²) in [6.45, 7) is 6.14. The lowest BCUT2D eigenvalue weighted by molar-refractivity contribution is 0.472. The summed E-state index contributed by atoms with van der Waals surface area (Å²) in [5, 5.41) is 10.0. The zero-order chi connectivity index (χ0) is 10.9. The van der Waals surface area contributed by atoms with Gasteiger partial charge in [-0.25, -0.2) is 0 Å². The molecule has 0 bridgehead atoms. The molecule has 1 N–H and O–H groups in total. The summed E-state index contributed by atoms with van der Waals surface area (Å²) in [6.07, 6.45) is 5.26. The van der Waals surface area contributed by atoms with Gasteiger partial charge in [0.1, 0.15) is 5.75 Å². The van der Waals surface area contributed by atoms with Gasteiger partial charge in [0.05, 0.1) is 5.56 Å². The Morgan fingerprint density at radius 1 is 1.36 bits per heavy atom. The van der Waals surface area contributed by atoms with E-state index in [2.05, 4.69) is 5.92 Å². The van der Waals surface area contributed by atoms with Crippen LogP contribution in [0, 0.1) is 12.3 Å². The van der Waals surface area contributed by atoms with Gasteiger partial charge in [-0.05, 0) is 17.0 Å². The minimum atomic E-state index is -0.0730. The van der Waals surface area contributed by atoms with Crippen LogP contribution in [0.5, 0.6) is 5.75 Å². The van der Waals surface area contributed by atoms with Crippen molar-refractivity contribution in [1.82, 2.24) is 0 Å². The van der Waals surface area contributed by atoms with Crippen LogP contribution in [0.3, 0.4) is 0 Å². The highest BCUT2D eigenvalue weighted by molar-refractivity contribution is 6.31. The highest BCUT2D eigenvalue weighted by Crippen LogP contribution is 2.33. The van der Waals surface area contributed by atoms with Gasteiger partial charge in [-0.15, -0.1) is 6.42 Å². The molecular weight excluding hydrogens is 196 g/mol. The SMILES string of the molecule is C#Cc1cc(C(C)(C)C)c(Cl)cc1O. The first-order valence-electron chi connectivity index (χ1n) is 4.36. The molecule has 0 saturated carbocycles. The molecule has 0 fully saturated rings. The van der Waals surface area contributed by atoms with Crippen molar-refractivity contribution in [2.24, 2.45) is 0 Å². The van der Waals surface area contributed by atoms with E-state index in [1.54, 1.807) is 6.07 Å². The molecule has 1 rings (SSSR count). The standard InChI is InChI=1S/C12H13ClO/c1-5-8-6-9(12(2,3)4)10(13)7-11(8)14/h1,6-7,14H,2-4H3. The van der Waals surface area contributed by atoms with Gasteiger partial charge in [0.25, 0.3) is 0 Å². The van der Waals surface area contributed by atoms with E-state index in [4.69, 9.17) is 18.0 Å². The van der Waals surface area contributed by atoms with Gasteiger partial charge in [-0.2, -0.15) is 0 Å². The van der Waals surface area contributed by atoms with E-state index < -0.39 is 0 Å². The minimum Gasteiger partial charge on any atom is -0.507 e. The molecule has 0 aliphatic heterocycles. The van der Waals surface area contributed by atoms with Crippen LogP contribution in [-0.4, -0.2) is 5.11 Å². The average molecular weight is 209 g/mol. The predicted octanol–water partition coefficient (Wildman–Crippen LogP) is 3.32. The van der Waals surface area contributed by atoms with E-state index >= 15 is 0 Å². The van der Waals surface area contributed by atoms with Crippen molar-refractivity contribution >= 4 is 11.6 Å². The summed E-state index contributed by atoms with van der Waals surface area (Å²) < 4.78 is 0. The van der Waals surface area contributed by atoms with E-state index in [9.17, 15) is 5.11 Å². The number of hydrogen-bond acceptors (Lipinski definition) is 1. The monoisotopic (exact) mass is 208 g/mol. The number of phenols is 1. The van der Waals surface area contributed by atoms with Crippen molar-refractivity contribution in [2.45, 2.75) is 26.2 Å². The van der Waals surface area contributed by atoms with Gasteiger partial charge in [0.2, 0.25) is 0 Å². The summed E-state index contributed by atoms with van der Waals surface area (Å²) in [7, 11) is 0. The van der Waals surface area contributed by atoms with Crippen molar-refractivity contribution in [3.63, 3.8) is 0 Å². The normalized spacial score (nSPS) is 11.1. The van der Waals surface area contributed by atoms with E-state index in [-0.39, 0.29) is 11.2 Å². The molecule has 0 aliphatic rings. The number of aromatic hydroxyl groups is 1. The molecule has 1 aromatic rings. The molecule has 1 nitrogen and oxygen atoms in total. The zero-order valence-electron chi connectivity index (χ0n) is 8.56. The molecule has 0 spiro atoms. The van der Waals surface area contributed by atoms with E-state index in [1.165, 1.54) is 6.07 Å². The topological polar surface area (TPSA) is 20.2 Å². The Bertz CT molecular complexity index is 394. The second-order valence-electron chi connectivity index (χ2n) is 4.24. The van der Waals surface area contributed by atoms with Gasteiger partial charge < -0.3 is 5.11 Å². The number of benzene rings is 1. The van der Waals surface area contributed by atoms with Crippen LogP contribution in [-0.2, 0) is 5.41 Å². The summed E-state index contributed by atoms with van der Waals surface area (Å²) in [6, 6.07) is 3.26. The molecular formula is C12H13ClO. The van der Waals surface area contributed by atoms with Crippen molar-refractivity contribution in [2.75, 3.05) is 0 Å². The summed E-state index contributed by atoms with van der Waals surface area (Å²) in [5.41, 5.74) is 1.36. The number of halogens is 1. The highest BCUT2D eigenvalue weighted by Gasteiger charge is 2.18. The lowest BCUT2D eigenvalue weighted by atomic mass is 9.86. The molecule has 0 radical (unpaired) electrons. The van der Waals surface area contributed by atoms with Crippen LogP contribution >= 0.6 is 11.6 Å². The van der Waals surface area contributed by atoms with Gasteiger partial charge in [0.15, 0.2) is 0 Å². The van der Waals surface area contributed by atoms with Crippen molar-refractivity contribution in [3.8, 4) is 18.1 Å². The Morgan fingerprint density at radius 2 is 1.93 bits per heavy atom. The first-order valence-corrected chi connectivity index (χ1v) is 4.73. The fraction of sp³-hybridized carbons (Fsp3) is 0.333. The molecule has 0 atom stereocenters. The van der Waals surface area contributed by atoms with Crippen molar-refractivity contribution in [3.05, 3.63) is 28.3 Å². The molecule has 1 aromatic carbocycles. The Labute approximate surface area is 89.7 Å². The van der Waals surface area contributed by atoms with Gasteiger partial charge in [-0.1, -0.05) is 38.3 Å². The lowest BCUT2D eigenvalue weighted by Crippen LogP contribution is -2.12. The van der Waals surface area contributed by atoms with E-state index in [0.29, 0.717) is 10.6 Å². The number of terminal acetylenes is 1. The Kier molecular flexibility index (Phi) is 2.78. The van der Waals surface area contributed by atoms with Crippen LogP contribution in [0.1, 0.15) is 31.9 Å². The summed E-state index contributed by atoms with van der Waals surface area (Å²) >= 11 is 6.01. The molecule has 74 valence electrons. The maximum atomic E-state index is 9.45. The number of hydrogen-bond donors (Lipinski definition) is 1. The van der Waals surface area contributed by atoms with Gasteiger partial charge in [-0.3, -0.25) is 0 Å². The minimum absolute atomic E-state index is 0.0606. The fourth-order valence-corrected chi connectivity index (χ4v) is 1.69. The first kappa shape index (κ1) is 10.9. The lowest BCUT2D eigenvalue weighted by Gasteiger charge is -2.21. The fourth-order valence-electron chi connectivity index (χ4n) is 1.25. The zero-order valence-corrected chi connectivity index (χ0v) is 9.31. The second-order valence-corrected chi connectivity index (χ2v) is 4.65. The van der Waals surface area contributed by atoms with Gasteiger partial charge >= 0.3 is 0 Å². The van der Waals surface area contributed by atoms with Crippen LogP contribution in [0.15, 0.2) is 12.1 Å². The third-order valence-corrected chi connectivity index (χ3v) is 2.36. The largest absolute Gasteiger partial charge is 0.507 e. The Hall–Kier alpha value is -1.13. The molecule has 0 heterocycles. The number of rotatable bonds is 0. The third kappa shape index (κ3) is 2.02. The highest BCUT2D eigenvalue weighted by atomic mass is 35.5. The van der Waals surface area contributed by atoms with Crippen molar-refractivity contribution < 1.29 is 5.11 Å². The summed E-state index contributed by atoms with van der Waals surface area (Å²) in [5.74, 6) is 2.49. The van der Waals surface area contributed by atoms with Gasteiger partial charge in [0, 0.05) is 11.1 Å². The maximum Gasteiger partial charge on any atom is 0.132 e. The van der Waals surface area contributed by atoms with E-state index in [0.717, 1.165) is 5.56 Å². The smallest absolute Gasteiger partial charge is 0.132 e. The van der Waals surface area contributed by atoms with Crippen LogP contribution in [0.2, 0.25) is 5.02 Å². The molecule has 0 aliphatic carbocycles. The van der Waals surface area contributed by atoms with Crippen LogP contribution in [0.25, 0.3) is 0 Å². The second kappa shape index (κ2) is 3.55. The first-order chi connectivity index (χ1) is 6.36. The Balaban J connectivity index is 3.41. The van der Waals surface area contributed by atoms with Crippen LogP contribution < -0.4 is 0 Å². The van der Waals surface area contributed by atoms with E-state index in [1.807, 2.05) is 20.8 Å². The third-order valence-electron chi connectivity index (χ3n) is 2.05. The average Bonchev–Trinajstić information content (AvgIpc) is 2.02. The van der Waals surface area contributed by atoms with Crippen molar-refractivity contribution in [1.29, 1.82) is 0 Å². The molecule has 0 amide bonds. The molecule has 0 unspecified atom stereocenters. The molecule has 2 heteroatoms. The summed E-state index contributed by atoms with van der Waals surface area (Å²) in [4.78, 5) is 0. The molecule has 14 heavy (non-hydrogen) atoms.